The molecule has 8 nitrogen and oxygen atoms in total. The molecule has 1 aliphatic heterocycles. The first-order chi connectivity index (χ1) is 13.4. The van der Waals surface area contributed by atoms with E-state index in [0.29, 0.717) is 36.9 Å². The highest BCUT2D eigenvalue weighted by Gasteiger charge is 2.28. The third kappa shape index (κ3) is 3.95. The van der Waals surface area contributed by atoms with Gasteiger partial charge in [-0.05, 0) is 31.9 Å². The van der Waals surface area contributed by atoms with Crippen molar-refractivity contribution in [2.45, 2.75) is 26.3 Å². The maximum atomic E-state index is 12.8. The lowest BCUT2D eigenvalue weighted by Crippen LogP contribution is -2.46. The number of carbonyl (C=O) groups excluding carboxylic acids is 1. The lowest BCUT2D eigenvalue weighted by molar-refractivity contribution is -0.120. The predicted molar refractivity (Wildman–Crippen MR) is 108 cm³/mol. The molecule has 1 atom stereocenters. The van der Waals surface area contributed by atoms with E-state index < -0.39 is 0 Å². The number of piperidine rings is 1. The molecule has 150 valence electrons. The first-order valence-corrected chi connectivity index (χ1v) is 9.45. The molecule has 0 radical (unpaired) electrons. The largest absolute Gasteiger partial charge is 0.497 e. The maximum absolute atomic E-state index is 12.8. The van der Waals surface area contributed by atoms with E-state index in [2.05, 4.69) is 5.32 Å². The molecule has 0 spiro atoms. The van der Waals surface area contributed by atoms with Crippen LogP contribution in [0.15, 0.2) is 39.9 Å². The number of hydrogen-bond donors (Lipinski definition) is 1. The summed E-state index contributed by atoms with van der Waals surface area (Å²) in [6.07, 6.45) is 1.57. The van der Waals surface area contributed by atoms with Gasteiger partial charge in [-0.15, -0.1) is 0 Å². The number of anilines is 2. The number of benzene rings is 1. The number of aromatic nitrogens is 2. The van der Waals surface area contributed by atoms with Crippen molar-refractivity contribution in [3.8, 4) is 5.75 Å². The van der Waals surface area contributed by atoms with Crippen LogP contribution in [0.5, 0.6) is 5.75 Å². The number of nitrogens with zero attached hydrogens (tertiary/aromatic N) is 3. The lowest BCUT2D eigenvalue weighted by Gasteiger charge is -2.34. The molecule has 2 heterocycles. The van der Waals surface area contributed by atoms with E-state index in [-0.39, 0.29) is 23.1 Å². The molecule has 3 rings (SSSR count). The van der Waals surface area contributed by atoms with Crippen LogP contribution in [0.1, 0.15) is 19.8 Å². The Morgan fingerprint density at radius 2 is 2.07 bits per heavy atom. The SMILES string of the molecule is CCn1c(N2CCC[C@H](C(=O)Nc3cccc(OC)c3)C2)cc(=O)n(C)c1=O. The van der Waals surface area contributed by atoms with Gasteiger partial charge in [-0.3, -0.25) is 18.7 Å². The number of rotatable bonds is 5. The normalized spacial score (nSPS) is 16.7. The van der Waals surface area contributed by atoms with Crippen molar-refractivity contribution in [2.24, 2.45) is 13.0 Å². The minimum atomic E-state index is -0.340. The average Bonchev–Trinajstić information content (AvgIpc) is 2.72. The smallest absolute Gasteiger partial charge is 0.332 e. The van der Waals surface area contributed by atoms with E-state index >= 15 is 0 Å². The number of nitrogens with one attached hydrogen (secondary N) is 1. The van der Waals surface area contributed by atoms with E-state index in [1.54, 1.807) is 17.7 Å². The van der Waals surface area contributed by atoms with Crippen molar-refractivity contribution in [3.63, 3.8) is 0 Å². The average molecular weight is 386 g/mol. The van der Waals surface area contributed by atoms with Gasteiger partial charge < -0.3 is 15.0 Å². The van der Waals surface area contributed by atoms with Crippen molar-refractivity contribution in [1.29, 1.82) is 0 Å². The molecule has 1 aliphatic rings. The van der Waals surface area contributed by atoms with Crippen LogP contribution in [-0.2, 0) is 18.4 Å². The molecule has 0 saturated carbocycles. The van der Waals surface area contributed by atoms with Crippen LogP contribution in [0, 0.1) is 5.92 Å². The van der Waals surface area contributed by atoms with Gasteiger partial charge in [0, 0.05) is 44.5 Å². The second-order valence-corrected chi connectivity index (χ2v) is 6.93. The Morgan fingerprint density at radius 1 is 1.29 bits per heavy atom. The summed E-state index contributed by atoms with van der Waals surface area (Å²) in [5.41, 5.74) is 0.00105. The van der Waals surface area contributed by atoms with Crippen LogP contribution in [0.2, 0.25) is 0 Å². The molecular weight excluding hydrogens is 360 g/mol. The second kappa shape index (κ2) is 8.33. The Balaban J connectivity index is 1.80. The van der Waals surface area contributed by atoms with Gasteiger partial charge >= 0.3 is 5.69 Å². The molecule has 0 aliphatic carbocycles. The number of amides is 1. The molecular formula is C20H26N4O4. The van der Waals surface area contributed by atoms with Crippen LogP contribution in [-0.4, -0.2) is 35.2 Å². The Hall–Kier alpha value is -3.03. The maximum Gasteiger partial charge on any atom is 0.332 e. The third-order valence-electron chi connectivity index (χ3n) is 5.15. The first-order valence-electron chi connectivity index (χ1n) is 9.45. The molecule has 2 aromatic rings. The van der Waals surface area contributed by atoms with E-state index in [1.165, 1.54) is 13.1 Å². The number of ether oxygens (including phenoxy) is 1. The zero-order valence-corrected chi connectivity index (χ0v) is 16.5. The van der Waals surface area contributed by atoms with Crippen LogP contribution in [0.25, 0.3) is 0 Å². The van der Waals surface area contributed by atoms with Gasteiger partial charge in [0.1, 0.15) is 11.6 Å². The van der Waals surface area contributed by atoms with Crippen LogP contribution in [0.4, 0.5) is 11.5 Å². The van der Waals surface area contributed by atoms with Gasteiger partial charge in [-0.2, -0.15) is 0 Å². The Labute approximate surface area is 163 Å². The van der Waals surface area contributed by atoms with E-state index in [0.717, 1.165) is 17.4 Å². The summed E-state index contributed by atoms with van der Waals surface area (Å²) in [5.74, 6) is 0.946. The van der Waals surface area contributed by atoms with Crippen molar-refractivity contribution in [2.75, 3.05) is 30.4 Å². The quantitative estimate of drug-likeness (QED) is 0.840. The molecule has 1 amide bonds. The summed E-state index contributed by atoms with van der Waals surface area (Å²) in [7, 11) is 3.05. The summed E-state index contributed by atoms with van der Waals surface area (Å²) in [5, 5.41) is 2.94. The van der Waals surface area contributed by atoms with Crippen LogP contribution in [0.3, 0.4) is 0 Å². The van der Waals surface area contributed by atoms with Gasteiger partial charge in [0.25, 0.3) is 5.56 Å². The molecule has 1 aromatic heterocycles. The Kier molecular flexibility index (Phi) is 5.87. The molecule has 8 heteroatoms. The predicted octanol–water partition coefficient (Wildman–Crippen LogP) is 1.43. The second-order valence-electron chi connectivity index (χ2n) is 6.93. The highest BCUT2D eigenvalue weighted by molar-refractivity contribution is 5.93. The third-order valence-corrected chi connectivity index (χ3v) is 5.15. The highest BCUT2D eigenvalue weighted by atomic mass is 16.5. The number of methoxy groups -OCH3 is 1. The lowest BCUT2D eigenvalue weighted by atomic mass is 9.97. The summed E-state index contributed by atoms with van der Waals surface area (Å²) >= 11 is 0. The van der Waals surface area contributed by atoms with Gasteiger partial charge in [0.15, 0.2) is 0 Å². The molecule has 28 heavy (non-hydrogen) atoms. The van der Waals surface area contributed by atoms with Crippen LogP contribution < -0.4 is 26.2 Å². The monoisotopic (exact) mass is 386 g/mol. The van der Waals surface area contributed by atoms with Crippen molar-refractivity contribution >= 4 is 17.4 Å². The molecule has 1 N–H and O–H groups in total. The summed E-state index contributed by atoms with van der Waals surface area (Å²) in [6.45, 7) is 3.49. The minimum Gasteiger partial charge on any atom is -0.497 e. The van der Waals surface area contributed by atoms with Gasteiger partial charge in [0.2, 0.25) is 5.91 Å². The summed E-state index contributed by atoms with van der Waals surface area (Å²) in [6, 6.07) is 8.71. The fourth-order valence-corrected chi connectivity index (χ4v) is 3.56. The zero-order valence-electron chi connectivity index (χ0n) is 16.5. The molecule has 1 aromatic carbocycles. The molecule has 0 bridgehead atoms. The summed E-state index contributed by atoms with van der Waals surface area (Å²) in [4.78, 5) is 39.3. The summed E-state index contributed by atoms with van der Waals surface area (Å²) < 4.78 is 7.87. The highest BCUT2D eigenvalue weighted by Crippen LogP contribution is 2.24. The van der Waals surface area contributed by atoms with Gasteiger partial charge in [-0.1, -0.05) is 6.07 Å². The Morgan fingerprint density at radius 3 is 2.79 bits per heavy atom. The molecule has 1 saturated heterocycles. The molecule has 0 unspecified atom stereocenters. The minimum absolute atomic E-state index is 0.0767. The van der Waals surface area contributed by atoms with Crippen LogP contribution >= 0.6 is 0 Å². The topological polar surface area (TPSA) is 85.6 Å². The van der Waals surface area contributed by atoms with E-state index in [1.807, 2.05) is 30.0 Å². The fraction of sp³-hybridized carbons (Fsp3) is 0.450. The van der Waals surface area contributed by atoms with Gasteiger partial charge in [0.05, 0.1) is 13.0 Å². The zero-order chi connectivity index (χ0) is 20.3. The fourth-order valence-electron chi connectivity index (χ4n) is 3.56. The van der Waals surface area contributed by atoms with Gasteiger partial charge in [-0.25, -0.2) is 4.79 Å². The van der Waals surface area contributed by atoms with E-state index in [9.17, 15) is 14.4 Å². The van der Waals surface area contributed by atoms with Crippen molar-refractivity contribution < 1.29 is 9.53 Å². The standard InChI is InChI=1S/C20H26N4O4/c1-4-24-17(12-18(25)22(2)20(24)27)23-10-6-7-14(13-23)19(26)21-15-8-5-9-16(11-15)28-3/h5,8-9,11-12,14H,4,6-7,10,13H2,1-3H3,(H,21,26)/t14-/m0/s1. The molecule has 1 fully saturated rings. The number of hydrogen-bond acceptors (Lipinski definition) is 5. The Bertz CT molecular complexity index is 979. The van der Waals surface area contributed by atoms with Crippen molar-refractivity contribution in [1.82, 2.24) is 9.13 Å². The number of carbonyl (C=O) groups is 1. The first kappa shape index (κ1) is 19.7. The van der Waals surface area contributed by atoms with E-state index in [4.69, 9.17) is 4.74 Å². The van der Waals surface area contributed by atoms with Crippen molar-refractivity contribution in [3.05, 3.63) is 51.2 Å².